The van der Waals surface area contributed by atoms with Crippen LogP contribution in [0.15, 0.2) is 0 Å². The standard InChI is InChI=1S/BH3.Fe.Mg.Mo.Zn.2H/h1H3;;;;;;. The van der Waals surface area contributed by atoms with Crippen molar-refractivity contribution in [1.82, 2.24) is 0 Å². The van der Waals surface area contributed by atoms with Crippen molar-refractivity contribution in [2.24, 2.45) is 0 Å². The number of rotatable bonds is 0. The molecule has 5 heavy (non-hydrogen) atoms. The van der Waals surface area contributed by atoms with Gasteiger partial charge in [-0.25, -0.2) is 0 Å². The molecule has 0 unspecified atom stereocenters. The Morgan fingerprint density at radius 3 is 1.00 bits per heavy atom. The van der Waals surface area contributed by atoms with Crippen molar-refractivity contribution in [1.29, 1.82) is 0 Å². The molecule has 5 heteroatoms. The molecule has 0 fully saturated rings. The summed E-state index contributed by atoms with van der Waals surface area (Å²) in [6.07, 6.45) is 0. The van der Waals surface area contributed by atoms with Gasteiger partial charge in [-0.05, 0) is 0 Å². The smallest absolute Gasteiger partial charge is 0 e. The normalized spacial score (nSPS) is 0. The van der Waals surface area contributed by atoms with Crippen molar-refractivity contribution < 1.29 is 57.6 Å². The Morgan fingerprint density at radius 2 is 1.00 bits per heavy atom. The second-order valence-electron chi connectivity index (χ2n) is 0. The van der Waals surface area contributed by atoms with Crippen molar-refractivity contribution in [3.05, 3.63) is 0 Å². The molecule has 0 saturated carbocycles. The molecule has 0 aliphatic rings. The molecule has 0 rings (SSSR count). The SMILES string of the molecule is B.[Fe].[MgH2].[Mo].[Zn]. The zero-order chi connectivity index (χ0) is 0. The molecule has 0 spiro atoms. The summed E-state index contributed by atoms with van der Waals surface area (Å²) < 4.78 is 0. The van der Waals surface area contributed by atoms with Crippen molar-refractivity contribution in [2.75, 3.05) is 0 Å². The van der Waals surface area contributed by atoms with Gasteiger partial charge in [-0.2, -0.15) is 0 Å². The summed E-state index contributed by atoms with van der Waals surface area (Å²) in [7, 11) is 0. The van der Waals surface area contributed by atoms with E-state index in [-0.39, 0.29) is 89.1 Å². The van der Waals surface area contributed by atoms with E-state index in [1.165, 1.54) is 0 Å². The van der Waals surface area contributed by atoms with Gasteiger partial charge >= 0.3 is 23.1 Å². The zero-order valence-electron chi connectivity index (χ0n) is 1.47. The number of hydrogen-bond donors (Lipinski definition) is 0. The zero-order valence-corrected chi connectivity index (χ0v) is 7.55. The Kier molecular flexibility index (Phi) is 289. The second-order valence-corrected chi connectivity index (χ2v) is 0. The Balaban J connectivity index is 0. The summed E-state index contributed by atoms with van der Waals surface area (Å²) in [6.45, 7) is 0. The van der Waals surface area contributed by atoms with Crippen LogP contribution in [0.25, 0.3) is 0 Å². The molecule has 26 valence electrons. The molecule has 0 aliphatic heterocycles. The van der Waals surface area contributed by atoms with E-state index in [2.05, 4.69) is 0 Å². The minimum absolute atomic E-state index is 0. The topological polar surface area (TPSA) is 0 Å². The molecule has 0 radical (unpaired) electrons. The predicted octanol–water partition coefficient (Wildman–Crippen LogP) is -2.11. The molecule has 0 atom stereocenters. The van der Waals surface area contributed by atoms with E-state index in [0.717, 1.165) is 0 Å². The van der Waals surface area contributed by atoms with Crippen molar-refractivity contribution in [3.63, 3.8) is 0 Å². The van der Waals surface area contributed by atoms with Crippen LogP contribution in [0, 0.1) is 0 Å². The first-order valence-corrected chi connectivity index (χ1v) is 0. The van der Waals surface area contributed by atoms with Crippen LogP contribution >= 0.6 is 0 Å². The van der Waals surface area contributed by atoms with Gasteiger partial charge in [0.2, 0.25) is 0 Å². The summed E-state index contributed by atoms with van der Waals surface area (Å²) >= 11 is 0. The molecular formula is H5BFeMgMoZn. The van der Waals surface area contributed by atoms with Gasteiger partial charge in [0.05, 0.1) is 8.41 Å². The van der Waals surface area contributed by atoms with Crippen LogP contribution in [0.2, 0.25) is 0 Å². The van der Waals surface area contributed by atoms with Gasteiger partial charge < -0.3 is 0 Å². The van der Waals surface area contributed by atoms with Crippen molar-refractivity contribution in [2.45, 2.75) is 0 Å². The maximum atomic E-state index is 0. The summed E-state index contributed by atoms with van der Waals surface area (Å²) in [6, 6.07) is 0. The molecule has 0 aromatic heterocycles. The fourth-order valence-corrected chi connectivity index (χ4v) is 0. The predicted molar refractivity (Wildman–Crippen MR) is 18.5 cm³/mol. The quantitative estimate of drug-likeness (QED) is 0.436. The summed E-state index contributed by atoms with van der Waals surface area (Å²) in [5.74, 6) is 0. The van der Waals surface area contributed by atoms with E-state index in [1.807, 2.05) is 0 Å². The third kappa shape index (κ3) is 20.4. The van der Waals surface area contributed by atoms with Crippen LogP contribution in [0.3, 0.4) is 0 Å². The van der Waals surface area contributed by atoms with Crippen molar-refractivity contribution in [3.8, 4) is 0 Å². The third-order valence-corrected chi connectivity index (χ3v) is 0. The van der Waals surface area contributed by atoms with Crippen molar-refractivity contribution >= 4 is 31.5 Å². The fourth-order valence-electron chi connectivity index (χ4n) is 0. The Labute approximate surface area is 87.8 Å². The molecule has 0 heterocycles. The number of hydrogen-bond acceptors (Lipinski definition) is 0. The van der Waals surface area contributed by atoms with Gasteiger partial charge in [-0.1, -0.05) is 0 Å². The van der Waals surface area contributed by atoms with E-state index in [1.54, 1.807) is 0 Å². The van der Waals surface area contributed by atoms with E-state index in [4.69, 9.17) is 0 Å². The molecular weight excluding hydrogens is 252 g/mol. The largest absolute Gasteiger partial charge is 0.316 e. The maximum absolute atomic E-state index is 0. The van der Waals surface area contributed by atoms with Crippen LogP contribution in [-0.2, 0) is 57.6 Å². The van der Waals surface area contributed by atoms with Gasteiger partial charge in [-0.15, -0.1) is 0 Å². The van der Waals surface area contributed by atoms with Crippen LogP contribution in [0.5, 0.6) is 0 Å². The van der Waals surface area contributed by atoms with Crippen LogP contribution < -0.4 is 0 Å². The minimum Gasteiger partial charge on any atom is 0 e. The average molecular weight is 257 g/mol. The second kappa shape index (κ2) is 30.1. The van der Waals surface area contributed by atoms with Crippen LogP contribution in [0.4, 0.5) is 0 Å². The first kappa shape index (κ1) is 48.0. The van der Waals surface area contributed by atoms with E-state index >= 15 is 0 Å². The monoisotopic (exact) mass is 258 g/mol. The van der Waals surface area contributed by atoms with Gasteiger partial charge in [0.25, 0.3) is 0 Å². The van der Waals surface area contributed by atoms with E-state index in [9.17, 15) is 0 Å². The third-order valence-electron chi connectivity index (χ3n) is 0. The molecule has 0 N–H and O–H groups in total. The molecule has 0 amide bonds. The minimum atomic E-state index is 0. The first-order chi connectivity index (χ1) is 0. The molecule has 0 aliphatic carbocycles. The molecule has 0 saturated heterocycles. The first-order valence-electron chi connectivity index (χ1n) is 0. The summed E-state index contributed by atoms with van der Waals surface area (Å²) in [5, 5.41) is 0. The molecule has 0 aromatic rings. The molecule has 0 aromatic carbocycles. The van der Waals surface area contributed by atoms with Crippen LogP contribution in [-0.4, -0.2) is 31.5 Å². The van der Waals surface area contributed by atoms with Gasteiger partial charge in [0, 0.05) is 57.6 Å². The summed E-state index contributed by atoms with van der Waals surface area (Å²) in [4.78, 5) is 0. The Hall–Kier alpha value is 2.66. The van der Waals surface area contributed by atoms with Gasteiger partial charge in [0.15, 0.2) is 0 Å². The van der Waals surface area contributed by atoms with E-state index < -0.39 is 0 Å². The molecule has 0 bridgehead atoms. The Bertz CT molecular complexity index is 11.6. The van der Waals surface area contributed by atoms with Gasteiger partial charge in [0.1, 0.15) is 0 Å². The Morgan fingerprint density at radius 1 is 1.00 bits per heavy atom. The van der Waals surface area contributed by atoms with E-state index in [0.29, 0.717) is 0 Å². The summed E-state index contributed by atoms with van der Waals surface area (Å²) in [5.41, 5.74) is 0. The fraction of sp³-hybridized carbons (Fsp3) is 0. The molecule has 0 nitrogen and oxygen atoms in total. The maximum Gasteiger partial charge on any atom is 0.316 e. The average Bonchev–Trinajstić information content (AvgIpc) is 0. The van der Waals surface area contributed by atoms with Crippen LogP contribution in [0.1, 0.15) is 0 Å². The van der Waals surface area contributed by atoms with Gasteiger partial charge in [-0.3, -0.25) is 0 Å².